The van der Waals surface area contributed by atoms with Gasteiger partial charge in [-0.3, -0.25) is 4.79 Å². The van der Waals surface area contributed by atoms with E-state index in [1.807, 2.05) is 11.0 Å². The van der Waals surface area contributed by atoms with Crippen LogP contribution in [0.5, 0.6) is 0 Å². The second-order valence-electron chi connectivity index (χ2n) is 5.55. The topological polar surface area (TPSA) is 59.2 Å². The molecule has 2 aromatic rings. The van der Waals surface area contributed by atoms with Gasteiger partial charge in [-0.1, -0.05) is 29.3 Å². The van der Waals surface area contributed by atoms with Crippen molar-refractivity contribution in [2.45, 2.75) is 25.3 Å². The summed E-state index contributed by atoms with van der Waals surface area (Å²) in [6.45, 7) is 1.25. The van der Waals surface area contributed by atoms with Crippen LogP contribution in [0.25, 0.3) is 10.6 Å². The fourth-order valence-corrected chi connectivity index (χ4v) is 3.88. The number of carbonyl (C=O) groups is 1. The molecule has 1 aromatic heterocycles. The van der Waals surface area contributed by atoms with Crippen LogP contribution in [0.3, 0.4) is 0 Å². The summed E-state index contributed by atoms with van der Waals surface area (Å²) in [5, 5.41) is 3.53. The van der Waals surface area contributed by atoms with Gasteiger partial charge >= 0.3 is 0 Å². The van der Waals surface area contributed by atoms with Crippen molar-refractivity contribution in [3.63, 3.8) is 0 Å². The molecule has 3 rings (SSSR count). The number of thiazole rings is 1. The highest BCUT2D eigenvalue weighted by Crippen LogP contribution is 2.31. The minimum atomic E-state index is -0.0392. The van der Waals surface area contributed by atoms with Gasteiger partial charge in [0, 0.05) is 30.1 Å². The molecule has 130 valence electrons. The number of hydrogen-bond acceptors (Lipinski definition) is 4. The summed E-state index contributed by atoms with van der Waals surface area (Å²) in [5.41, 5.74) is 7.13. The molecule has 1 saturated heterocycles. The molecule has 1 aliphatic rings. The molecule has 2 heterocycles. The molecule has 1 aromatic carbocycles. The number of nitrogens with two attached hydrogens (primary N) is 1. The monoisotopic (exact) mass is 405 g/mol. The summed E-state index contributed by atoms with van der Waals surface area (Å²) < 4.78 is 0. The van der Waals surface area contributed by atoms with Crippen LogP contribution in [-0.2, 0) is 0 Å². The van der Waals surface area contributed by atoms with E-state index in [1.165, 1.54) is 11.3 Å². The van der Waals surface area contributed by atoms with Gasteiger partial charge in [-0.2, -0.15) is 0 Å². The molecule has 1 aliphatic heterocycles. The molecule has 0 saturated carbocycles. The minimum absolute atomic E-state index is 0. The molecule has 1 fully saturated rings. The van der Waals surface area contributed by atoms with E-state index in [0.29, 0.717) is 22.3 Å². The van der Waals surface area contributed by atoms with Crippen LogP contribution in [0, 0.1) is 0 Å². The summed E-state index contributed by atoms with van der Waals surface area (Å²) in [6, 6.07) is 5.47. The number of piperidine rings is 1. The van der Waals surface area contributed by atoms with Crippen LogP contribution in [0.2, 0.25) is 10.0 Å². The number of nitrogens with zero attached hydrogens (tertiary/aromatic N) is 2. The van der Waals surface area contributed by atoms with Crippen molar-refractivity contribution in [1.29, 1.82) is 0 Å². The van der Waals surface area contributed by atoms with Gasteiger partial charge in [0.05, 0.1) is 10.0 Å². The van der Waals surface area contributed by atoms with Crippen molar-refractivity contribution in [3.8, 4) is 10.6 Å². The molecule has 0 aliphatic carbocycles. The molecule has 1 unspecified atom stereocenters. The highest BCUT2D eigenvalue weighted by molar-refractivity contribution is 7.13. The lowest BCUT2D eigenvalue weighted by Gasteiger charge is -2.34. The summed E-state index contributed by atoms with van der Waals surface area (Å²) in [5.74, 6) is -0.0392. The Labute approximate surface area is 161 Å². The Balaban J connectivity index is 0.00000208. The van der Waals surface area contributed by atoms with Gasteiger partial charge in [-0.05, 0) is 31.4 Å². The largest absolute Gasteiger partial charge is 0.333 e. The number of hydrogen-bond donors (Lipinski definition) is 1. The van der Waals surface area contributed by atoms with Gasteiger partial charge in [0.2, 0.25) is 0 Å². The van der Waals surface area contributed by atoms with Crippen molar-refractivity contribution in [2.24, 2.45) is 5.73 Å². The maximum Gasteiger partial charge on any atom is 0.273 e. The number of amides is 1. The number of halogens is 3. The van der Waals surface area contributed by atoms with Crippen molar-refractivity contribution in [2.75, 3.05) is 13.1 Å². The lowest BCUT2D eigenvalue weighted by atomic mass is 10.0. The van der Waals surface area contributed by atoms with E-state index in [9.17, 15) is 4.79 Å². The first-order valence-electron chi connectivity index (χ1n) is 7.52. The number of likely N-dealkylation sites (tertiary alicyclic amines) is 1. The van der Waals surface area contributed by atoms with Gasteiger partial charge in [-0.15, -0.1) is 23.7 Å². The fourth-order valence-electron chi connectivity index (χ4n) is 2.79. The van der Waals surface area contributed by atoms with E-state index in [1.54, 1.807) is 17.5 Å². The van der Waals surface area contributed by atoms with Crippen molar-refractivity contribution in [1.82, 2.24) is 9.88 Å². The third kappa shape index (κ3) is 4.03. The Bertz CT molecular complexity index is 722. The SMILES string of the molecule is Cl.NCC1CCCCN1C(=O)c1csc(-c2ccc(Cl)c(Cl)c2)n1. The van der Waals surface area contributed by atoms with E-state index in [4.69, 9.17) is 28.9 Å². The van der Waals surface area contributed by atoms with Gasteiger partial charge in [0.1, 0.15) is 10.7 Å². The molecule has 4 nitrogen and oxygen atoms in total. The molecule has 0 radical (unpaired) electrons. The molecule has 2 N–H and O–H groups in total. The van der Waals surface area contributed by atoms with Crippen LogP contribution >= 0.6 is 46.9 Å². The van der Waals surface area contributed by atoms with E-state index in [2.05, 4.69) is 4.98 Å². The first-order chi connectivity index (χ1) is 11.1. The average Bonchev–Trinajstić information content (AvgIpc) is 3.06. The van der Waals surface area contributed by atoms with Gasteiger partial charge in [-0.25, -0.2) is 4.98 Å². The van der Waals surface area contributed by atoms with E-state index >= 15 is 0 Å². The quantitative estimate of drug-likeness (QED) is 0.817. The highest BCUT2D eigenvalue weighted by Gasteiger charge is 2.27. The second-order valence-corrected chi connectivity index (χ2v) is 7.22. The van der Waals surface area contributed by atoms with Gasteiger partial charge in [0.15, 0.2) is 0 Å². The molecular weight excluding hydrogens is 389 g/mol. The van der Waals surface area contributed by atoms with Crippen molar-refractivity contribution >= 4 is 52.9 Å². The second kappa shape index (κ2) is 8.50. The normalized spacial score (nSPS) is 17.5. The molecule has 1 atom stereocenters. The summed E-state index contributed by atoms with van der Waals surface area (Å²) in [7, 11) is 0. The number of rotatable bonds is 3. The van der Waals surface area contributed by atoms with Crippen molar-refractivity contribution < 1.29 is 4.79 Å². The van der Waals surface area contributed by atoms with Crippen LogP contribution in [0.1, 0.15) is 29.8 Å². The number of carbonyl (C=O) groups excluding carboxylic acids is 1. The Hall–Kier alpha value is -0.850. The maximum atomic E-state index is 12.7. The Morgan fingerprint density at radius 2 is 2.12 bits per heavy atom. The third-order valence-electron chi connectivity index (χ3n) is 4.05. The van der Waals surface area contributed by atoms with E-state index in [-0.39, 0.29) is 24.4 Å². The molecule has 1 amide bonds. The van der Waals surface area contributed by atoms with Crippen LogP contribution in [0.15, 0.2) is 23.6 Å². The zero-order valence-electron chi connectivity index (χ0n) is 12.9. The lowest BCUT2D eigenvalue weighted by Crippen LogP contribution is -2.47. The standard InChI is InChI=1S/C16H17Cl2N3OS.ClH/c17-12-5-4-10(7-13(12)18)15-20-14(9-23-15)16(22)21-6-2-1-3-11(21)8-19;/h4-5,7,9,11H,1-3,6,8,19H2;1H. The first kappa shape index (κ1) is 19.5. The lowest BCUT2D eigenvalue weighted by molar-refractivity contribution is 0.0618. The zero-order chi connectivity index (χ0) is 16.4. The van der Waals surface area contributed by atoms with Crippen LogP contribution < -0.4 is 5.73 Å². The van der Waals surface area contributed by atoms with Gasteiger partial charge in [0.25, 0.3) is 5.91 Å². The minimum Gasteiger partial charge on any atom is -0.333 e. The van der Waals surface area contributed by atoms with E-state index < -0.39 is 0 Å². The molecule has 24 heavy (non-hydrogen) atoms. The smallest absolute Gasteiger partial charge is 0.273 e. The fraction of sp³-hybridized carbons (Fsp3) is 0.375. The van der Waals surface area contributed by atoms with Crippen LogP contribution in [0.4, 0.5) is 0 Å². The predicted octanol–water partition coefficient (Wildman–Crippen LogP) is 4.49. The van der Waals surface area contributed by atoms with Crippen molar-refractivity contribution in [3.05, 3.63) is 39.3 Å². The zero-order valence-corrected chi connectivity index (χ0v) is 16.0. The number of benzene rings is 1. The third-order valence-corrected chi connectivity index (χ3v) is 5.68. The molecule has 8 heteroatoms. The highest BCUT2D eigenvalue weighted by atomic mass is 35.5. The molecule has 0 spiro atoms. The van der Waals surface area contributed by atoms with Gasteiger partial charge < -0.3 is 10.6 Å². The summed E-state index contributed by atoms with van der Waals surface area (Å²) >= 11 is 13.4. The summed E-state index contributed by atoms with van der Waals surface area (Å²) in [6.07, 6.45) is 3.11. The number of aromatic nitrogens is 1. The Morgan fingerprint density at radius 3 is 2.83 bits per heavy atom. The van der Waals surface area contributed by atoms with E-state index in [0.717, 1.165) is 36.4 Å². The molecular formula is C16H18Cl3N3OS. The maximum absolute atomic E-state index is 12.7. The van der Waals surface area contributed by atoms with Crippen LogP contribution in [-0.4, -0.2) is 34.9 Å². The molecule has 0 bridgehead atoms. The Kier molecular flexibility index (Phi) is 6.89. The predicted molar refractivity (Wildman–Crippen MR) is 103 cm³/mol. The first-order valence-corrected chi connectivity index (χ1v) is 9.15. The Morgan fingerprint density at radius 1 is 1.33 bits per heavy atom. The summed E-state index contributed by atoms with van der Waals surface area (Å²) in [4.78, 5) is 19.0. The average molecular weight is 407 g/mol.